The van der Waals surface area contributed by atoms with E-state index in [1.54, 1.807) is 4.31 Å². The van der Waals surface area contributed by atoms with Gasteiger partial charge in [0.1, 0.15) is 0 Å². The van der Waals surface area contributed by atoms with Gasteiger partial charge < -0.3 is 5.32 Å². The lowest BCUT2D eigenvalue weighted by molar-refractivity contribution is 0.225. The van der Waals surface area contributed by atoms with Crippen LogP contribution in [0.25, 0.3) is 0 Å². The maximum absolute atomic E-state index is 12.6. The average molecular weight is 310 g/mol. The first kappa shape index (κ1) is 16.5. The third-order valence-corrected chi connectivity index (χ3v) is 6.06. The molecule has 4 nitrogen and oxygen atoms in total. The number of nitrogens with one attached hydrogen (secondary N) is 1. The van der Waals surface area contributed by atoms with Crippen LogP contribution in [-0.4, -0.2) is 38.4 Å². The fourth-order valence-corrected chi connectivity index (χ4v) is 4.62. The minimum atomic E-state index is -3.21. The first-order chi connectivity index (χ1) is 10.0. The number of hydrogen-bond acceptors (Lipinski definition) is 3. The van der Waals surface area contributed by atoms with Crippen molar-refractivity contribution in [2.24, 2.45) is 5.92 Å². The van der Waals surface area contributed by atoms with E-state index in [0.29, 0.717) is 25.0 Å². The van der Waals surface area contributed by atoms with Gasteiger partial charge in [-0.05, 0) is 37.8 Å². The van der Waals surface area contributed by atoms with Crippen LogP contribution in [0.5, 0.6) is 0 Å². The Morgan fingerprint density at radius 1 is 1.33 bits per heavy atom. The number of nitrogens with zero attached hydrogens (tertiary/aromatic N) is 1. The van der Waals surface area contributed by atoms with Gasteiger partial charge in [-0.3, -0.25) is 0 Å². The molecule has 1 aliphatic heterocycles. The van der Waals surface area contributed by atoms with Gasteiger partial charge in [-0.1, -0.05) is 37.3 Å². The summed E-state index contributed by atoms with van der Waals surface area (Å²) in [5.41, 5.74) is 0.861. The van der Waals surface area contributed by atoms with E-state index in [1.165, 1.54) is 0 Å². The average Bonchev–Trinajstić information content (AvgIpc) is 2.48. The van der Waals surface area contributed by atoms with E-state index in [1.807, 2.05) is 30.3 Å². The molecule has 0 amide bonds. The zero-order valence-electron chi connectivity index (χ0n) is 13.0. The smallest absolute Gasteiger partial charge is 0.218 e. The van der Waals surface area contributed by atoms with Crippen molar-refractivity contribution in [2.75, 3.05) is 19.6 Å². The van der Waals surface area contributed by atoms with Crippen LogP contribution in [0, 0.1) is 5.92 Å². The highest BCUT2D eigenvalue weighted by Gasteiger charge is 2.31. The lowest BCUT2D eigenvalue weighted by Gasteiger charge is -2.35. The Hall–Kier alpha value is -0.910. The molecule has 1 aliphatic rings. The molecule has 0 aromatic heterocycles. The molecule has 1 aromatic rings. The summed E-state index contributed by atoms with van der Waals surface area (Å²) in [5.74, 6) is 0.514. The van der Waals surface area contributed by atoms with E-state index in [0.717, 1.165) is 24.9 Å². The molecule has 0 spiro atoms. The third-order valence-electron chi connectivity index (χ3n) is 4.24. The van der Waals surface area contributed by atoms with E-state index in [4.69, 9.17) is 0 Å². The molecule has 2 rings (SSSR count). The molecule has 1 fully saturated rings. The molecule has 0 aliphatic carbocycles. The maximum atomic E-state index is 12.6. The van der Waals surface area contributed by atoms with Gasteiger partial charge in [0, 0.05) is 19.1 Å². The summed E-state index contributed by atoms with van der Waals surface area (Å²) in [5, 5.41) is 3.42. The Balaban J connectivity index is 2.02. The number of benzene rings is 1. The largest absolute Gasteiger partial charge is 0.314 e. The summed E-state index contributed by atoms with van der Waals surface area (Å²) in [4.78, 5) is 0. The molecule has 2 unspecified atom stereocenters. The van der Waals surface area contributed by atoms with Crippen molar-refractivity contribution in [3.63, 3.8) is 0 Å². The Morgan fingerprint density at radius 3 is 2.71 bits per heavy atom. The number of piperidine rings is 1. The molecular weight excluding hydrogens is 284 g/mol. The van der Waals surface area contributed by atoms with E-state index in [9.17, 15) is 8.42 Å². The van der Waals surface area contributed by atoms with Gasteiger partial charge in [0.25, 0.3) is 0 Å². The Morgan fingerprint density at radius 2 is 2.05 bits per heavy atom. The maximum Gasteiger partial charge on any atom is 0.218 e. The summed E-state index contributed by atoms with van der Waals surface area (Å²) in [6, 6.07) is 9.80. The van der Waals surface area contributed by atoms with Crippen molar-refractivity contribution in [2.45, 2.75) is 38.5 Å². The van der Waals surface area contributed by atoms with Gasteiger partial charge in [0.15, 0.2) is 0 Å². The van der Waals surface area contributed by atoms with Gasteiger partial charge in [0.2, 0.25) is 10.0 Å². The highest BCUT2D eigenvalue weighted by atomic mass is 32.2. The monoisotopic (exact) mass is 310 g/mol. The number of sulfonamides is 1. The molecule has 5 heteroatoms. The van der Waals surface area contributed by atoms with Crippen LogP contribution in [0.15, 0.2) is 30.3 Å². The lowest BCUT2D eigenvalue weighted by atomic mass is 9.93. The second kappa shape index (κ2) is 7.38. The minimum absolute atomic E-state index is 0.107. The Labute approximate surface area is 128 Å². The summed E-state index contributed by atoms with van der Waals surface area (Å²) in [6.45, 7) is 6.47. The molecule has 1 saturated heterocycles. The van der Waals surface area contributed by atoms with Gasteiger partial charge in [-0.15, -0.1) is 0 Å². The topological polar surface area (TPSA) is 49.4 Å². The van der Waals surface area contributed by atoms with Crippen LogP contribution in [0.1, 0.15) is 32.3 Å². The number of rotatable bonds is 6. The van der Waals surface area contributed by atoms with E-state index in [2.05, 4.69) is 19.2 Å². The molecule has 118 valence electrons. The van der Waals surface area contributed by atoms with Crippen LogP contribution in [0.2, 0.25) is 0 Å². The highest BCUT2D eigenvalue weighted by molar-refractivity contribution is 7.88. The summed E-state index contributed by atoms with van der Waals surface area (Å²) in [7, 11) is -3.21. The van der Waals surface area contributed by atoms with Crippen LogP contribution in [0.4, 0.5) is 0 Å². The Kier molecular flexibility index (Phi) is 5.79. The second-order valence-electron chi connectivity index (χ2n) is 5.85. The van der Waals surface area contributed by atoms with Crippen molar-refractivity contribution in [1.29, 1.82) is 0 Å². The summed E-state index contributed by atoms with van der Waals surface area (Å²) >= 11 is 0. The Bertz CT molecular complexity index is 530. The normalized spacial score (nSPS) is 22.1. The van der Waals surface area contributed by atoms with Crippen molar-refractivity contribution < 1.29 is 8.42 Å². The molecule has 0 saturated carbocycles. The molecule has 2 atom stereocenters. The van der Waals surface area contributed by atoms with E-state index < -0.39 is 10.0 Å². The fraction of sp³-hybridized carbons (Fsp3) is 0.625. The van der Waals surface area contributed by atoms with Crippen LogP contribution in [-0.2, 0) is 15.8 Å². The minimum Gasteiger partial charge on any atom is -0.314 e. The van der Waals surface area contributed by atoms with Gasteiger partial charge in [0.05, 0.1) is 5.75 Å². The lowest BCUT2D eigenvalue weighted by Crippen LogP contribution is -2.46. The standard InChI is InChI=1S/C16H26N2O2S/c1-3-17-14(2)16-10-7-11-18(12-16)21(19,20)13-15-8-5-4-6-9-15/h4-6,8-9,14,16-17H,3,7,10-13H2,1-2H3. The predicted molar refractivity (Wildman–Crippen MR) is 86.5 cm³/mol. The SMILES string of the molecule is CCNC(C)C1CCCN(S(=O)(=O)Cc2ccccc2)C1. The number of hydrogen-bond donors (Lipinski definition) is 1. The van der Waals surface area contributed by atoms with Gasteiger partial charge in [-0.2, -0.15) is 0 Å². The van der Waals surface area contributed by atoms with Crippen LogP contribution in [0.3, 0.4) is 0 Å². The van der Waals surface area contributed by atoms with Crippen molar-refractivity contribution in [3.8, 4) is 0 Å². The van der Waals surface area contributed by atoms with Crippen LogP contribution >= 0.6 is 0 Å². The zero-order chi connectivity index (χ0) is 15.3. The molecule has 1 heterocycles. The van der Waals surface area contributed by atoms with Crippen molar-refractivity contribution in [3.05, 3.63) is 35.9 Å². The van der Waals surface area contributed by atoms with Crippen molar-refractivity contribution in [1.82, 2.24) is 9.62 Å². The molecule has 21 heavy (non-hydrogen) atoms. The molecular formula is C16H26N2O2S. The summed E-state index contributed by atoms with van der Waals surface area (Å²) in [6.07, 6.45) is 2.06. The summed E-state index contributed by atoms with van der Waals surface area (Å²) < 4.78 is 26.9. The first-order valence-electron chi connectivity index (χ1n) is 7.78. The predicted octanol–water partition coefficient (Wildman–Crippen LogP) is 2.23. The fourth-order valence-electron chi connectivity index (χ4n) is 3.00. The van der Waals surface area contributed by atoms with Gasteiger partial charge in [-0.25, -0.2) is 12.7 Å². The molecule has 1 aromatic carbocycles. The first-order valence-corrected chi connectivity index (χ1v) is 9.39. The molecule has 0 bridgehead atoms. The van der Waals surface area contributed by atoms with Crippen molar-refractivity contribution >= 4 is 10.0 Å². The third kappa shape index (κ3) is 4.53. The second-order valence-corrected chi connectivity index (χ2v) is 7.82. The molecule has 1 N–H and O–H groups in total. The molecule has 0 radical (unpaired) electrons. The zero-order valence-corrected chi connectivity index (χ0v) is 13.8. The highest BCUT2D eigenvalue weighted by Crippen LogP contribution is 2.23. The van der Waals surface area contributed by atoms with E-state index in [-0.39, 0.29) is 5.75 Å². The van der Waals surface area contributed by atoms with E-state index >= 15 is 0 Å². The quantitative estimate of drug-likeness (QED) is 0.876. The van der Waals surface area contributed by atoms with Gasteiger partial charge >= 0.3 is 0 Å². The van der Waals surface area contributed by atoms with Crippen LogP contribution < -0.4 is 5.32 Å².